The fraction of sp³-hybridized carbons (Fsp3) is 0.906. The molecule has 37 heavy (non-hydrogen) atoms. The van der Waals surface area contributed by atoms with E-state index in [1.54, 1.807) is 0 Å². The summed E-state index contributed by atoms with van der Waals surface area (Å²) < 4.78 is 11.2. The summed E-state index contributed by atoms with van der Waals surface area (Å²) in [5.41, 5.74) is 0. The zero-order valence-electron chi connectivity index (χ0n) is 24.7. The van der Waals surface area contributed by atoms with Crippen LogP contribution in [-0.4, -0.2) is 30.9 Å². The van der Waals surface area contributed by atoms with Gasteiger partial charge in [0.1, 0.15) is 5.78 Å². The van der Waals surface area contributed by atoms with Crippen LogP contribution in [0.3, 0.4) is 0 Å². The van der Waals surface area contributed by atoms with Gasteiger partial charge in [0.2, 0.25) is 0 Å². The molecule has 0 spiro atoms. The molecule has 0 aromatic carbocycles. The van der Waals surface area contributed by atoms with E-state index < -0.39 is 0 Å². The third-order valence-corrected chi connectivity index (χ3v) is 8.09. The molecule has 1 rings (SSSR count). The first-order chi connectivity index (χ1) is 17.9. The molecule has 1 aliphatic carbocycles. The number of unbranched alkanes of at least 4 members (excludes halogenated alkanes) is 4. The summed E-state index contributed by atoms with van der Waals surface area (Å²) in [6, 6.07) is 0. The van der Waals surface area contributed by atoms with Crippen molar-refractivity contribution in [2.24, 2.45) is 23.7 Å². The van der Waals surface area contributed by atoms with Gasteiger partial charge in [0, 0.05) is 24.7 Å². The minimum Gasteiger partial charge on any atom is -0.465 e. The van der Waals surface area contributed by atoms with Crippen LogP contribution >= 0.6 is 0 Å². The van der Waals surface area contributed by atoms with E-state index in [-0.39, 0.29) is 29.6 Å². The van der Waals surface area contributed by atoms with Crippen molar-refractivity contribution in [1.29, 1.82) is 0 Å². The van der Waals surface area contributed by atoms with Gasteiger partial charge in [-0.15, -0.1) is 0 Å². The number of esters is 2. The topological polar surface area (TPSA) is 69.7 Å². The molecule has 0 bridgehead atoms. The van der Waals surface area contributed by atoms with Gasteiger partial charge in [-0.25, -0.2) is 0 Å². The maximum atomic E-state index is 13.0. The van der Waals surface area contributed by atoms with Gasteiger partial charge in [-0.2, -0.15) is 0 Å². The third-order valence-electron chi connectivity index (χ3n) is 8.09. The molecule has 0 aromatic rings. The van der Waals surface area contributed by atoms with Gasteiger partial charge in [0.05, 0.1) is 13.2 Å². The van der Waals surface area contributed by atoms with Gasteiger partial charge < -0.3 is 9.47 Å². The lowest BCUT2D eigenvalue weighted by molar-refractivity contribution is -0.146. The molecule has 4 atom stereocenters. The average molecular weight is 523 g/mol. The minimum atomic E-state index is -0.171. The van der Waals surface area contributed by atoms with E-state index in [0.29, 0.717) is 50.7 Å². The van der Waals surface area contributed by atoms with Crippen molar-refractivity contribution >= 4 is 17.7 Å². The van der Waals surface area contributed by atoms with Crippen molar-refractivity contribution in [2.45, 2.75) is 150 Å². The van der Waals surface area contributed by atoms with Gasteiger partial charge in [-0.05, 0) is 63.2 Å². The summed E-state index contributed by atoms with van der Waals surface area (Å²) >= 11 is 0. The zero-order chi connectivity index (χ0) is 27.3. The van der Waals surface area contributed by atoms with E-state index in [9.17, 15) is 14.4 Å². The Kier molecular flexibility index (Phi) is 19.6. The molecule has 4 unspecified atom stereocenters. The normalized spacial score (nSPS) is 19.4. The smallest absolute Gasteiger partial charge is 0.305 e. The second-order valence-electron chi connectivity index (χ2n) is 11.5. The molecule has 0 radical (unpaired) electrons. The number of rotatable bonds is 22. The van der Waals surface area contributed by atoms with Gasteiger partial charge in [0.25, 0.3) is 0 Å². The van der Waals surface area contributed by atoms with Crippen LogP contribution in [0.5, 0.6) is 0 Å². The Morgan fingerprint density at radius 3 is 1.49 bits per heavy atom. The van der Waals surface area contributed by atoms with Crippen LogP contribution in [0.25, 0.3) is 0 Å². The molecule has 216 valence electrons. The van der Waals surface area contributed by atoms with Crippen LogP contribution in [0.4, 0.5) is 0 Å². The third kappa shape index (κ3) is 15.6. The molecule has 0 amide bonds. The molecule has 1 aliphatic rings. The highest BCUT2D eigenvalue weighted by Crippen LogP contribution is 2.32. The molecule has 0 saturated heterocycles. The Hall–Kier alpha value is -1.39. The fourth-order valence-corrected chi connectivity index (χ4v) is 5.76. The van der Waals surface area contributed by atoms with Crippen molar-refractivity contribution in [3.8, 4) is 0 Å². The second-order valence-corrected chi connectivity index (χ2v) is 11.5. The van der Waals surface area contributed by atoms with Crippen LogP contribution in [0.15, 0.2) is 0 Å². The number of ether oxygens (including phenoxy) is 2. The molecule has 0 N–H and O–H groups in total. The van der Waals surface area contributed by atoms with Crippen molar-refractivity contribution in [1.82, 2.24) is 0 Å². The van der Waals surface area contributed by atoms with Gasteiger partial charge >= 0.3 is 11.9 Å². The monoisotopic (exact) mass is 522 g/mol. The summed E-state index contributed by atoms with van der Waals surface area (Å²) in [6.45, 7) is 9.79. The van der Waals surface area contributed by atoms with E-state index in [1.165, 1.54) is 38.5 Å². The highest BCUT2D eigenvalue weighted by atomic mass is 16.5. The van der Waals surface area contributed by atoms with E-state index in [4.69, 9.17) is 9.47 Å². The summed E-state index contributed by atoms with van der Waals surface area (Å²) in [6.07, 6.45) is 18.4. The highest BCUT2D eigenvalue weighted by Gasteiger charge is 2.31. The van der Waals surface area contributed by atoms with Gasteiger partial charge in [-0.1, -0.05) is 85.5 Å². The van der Waals surface area contributed by atoms with E-state index in [1.807, 2.05) is 0 Å². The lowest BCUT2D eigenvalue weighted by Crippen LogP contribution is -2.30. The number of carbonyl (C=O) groups is 3. The Labute approximate surface area is 228 Å². The van der Waals surface area contributed by atoms with Gasteiger partial charge in [-0.3, -0.25) is 14.4 Å². The number of hydrogen-bond donors (Lipinski definition) is 0. The number of Topliss-reactive ketones (excluding diaryl/α,β-unsaturated/α-hetero) is 1. The maximum absolute atomic E-state index is 13.0. The van der Waals surface area contributed by atoms with Gasteiger partial charge in [0.15, 0.2) is 0 Å². The Morgan fingerprint density at radius 1 is 0.676 bits per heavy atom. The fourth-order valence-electron chi connectivity index (χ4n) is 5.76. The molecule has 1 fully saturated rings. The first kappa shape index (κ1) is 33.6. The molecule has 5 heteroatoms. The standard InChI is InChI=1S/C32H58O5/c1-5-9-11-16-26(14-7-3)24-36-30(33)22-20-28-18-13-19-29(32(28)35)21-23-31(34)37-25-27(15-8-4)17-12-10-6-2/h26-29H,5-25H2,1-4H3. The highest BCUT2D eigenvalue weighted by molar-refractivity contribution is 5.85. The number of hydrogen-bond acceptors (Lipinski definition) is 5. The number of ketones is 1. The summed E-state index contributed by atoms with van der Waals surface area (Å²) in [7, 11) is 0. The molecule has 5 nitrogen and oxygen atoms in total. The van der Waals surface area contributed by atoms with Crippen molar-refractivity contribution < 1.29 is 23.9 Å². The molecule has 0 aromatic heterocycles. The second kappa shape index (κ2) is 21.5. The van der Waals surface area contributed by atoms with Crippen molar-refractivity contribution in [3.05, 3.63) is 0 Å². The lowest BCUT2D eigenvalue weighted by atomic mass is 9.76. The van der Waals surface area contributed by atoms with E-state index in [2.05, 4.69) is 27.7 Å². The minimum absolute atomic E-state index is 0.0780. The summed E-state index contributed by atoms with van der Waals surface area (Å²) in [5.74, 6) is 0.644. The molecular formula is C32H58O5. The number of carbonyl (C=O) groups excluding carboxylic acids is 3. The largest absolute Gasteiger partial charge is 0.465 e. The molecular weight excluding hydrogens is 464 g/mol. The first-order valence-corrected chi connectivity index (χ1v) is 15.8. The summed E-state index contributed by atoms with van der Waals surface area (Å²) in [5, 5.41) is 0. The van der Waals surface area contributed by atoms with E-state index in [0.717, 1.165) is 57.8 Å². The molecule has 0 heterocycles. The molecule has 1 saturated carbocycles. The van der Waals surface area contributed by atoms with Crippen molar-refractivity contribution in [2.75, 3.05) is 13.2 Å². The Morgan fingerprint density at radius 2 is 1.11 bits per heavy atom. The first-order valence-electron chi connectivity index (χ1n) is 15.8. The molecule has 0 aliphatic heterocycles. The quantitative estimate of drug-likeness (QED) is 0.105. The summed E-state index contributed by atoms with van der Waals surface area (Å²) in [4.78, 5) is 37.8. The Balaban J connectivity index is 2.35. The maximum Gasteiger partial charge on any atom is 0.305 e. The van der Waals surface area contributed by atoms with Crippen LogP contribution < -0.4 is 0 Å². The van der Waals surface area contributed by atoms with Crippen LogP contribution in [-0.2, 0) is 23.9 Å². The Bertz CT molecular complexity index is 566. The van der Waals surface area contributed by atoms with E-state index >= 15 is 0 Å². The lowest BCUT2D eigenvalue weighted by Gasteiger charge is -2.27. The average Bonchev–Trinajstić information content (AvgIpc) is 2.89. The van der Waals surface area contributed by atoms with Crippen LogP contribution in [0, 0.1) is 23.7 Å². The SMILES string of the molecule is CCCCCC(CCC)COC(=O)CCC1CCCC(CCC(=O)OCC(CCC)CCCCC)C1=O. The predicted octanol–water partition coefficient (Wildman–Crippen LogP) is 8.61. The zero-order valence-corrected chi connectivity index (χ0v) is 24.7. The van der Waals surface area contributed by atoms with Crippen molar-refractivity contribution in [3.63, 3.8) is 0 Å². The van der Waals surface area contributed by atoms with Crippen LogP contribution in [0.2, 0.25) is 0 Å². The van der Waals surface area contributed by atoms with Crippen LogP contribution in [0.1, 0.15) is 150 Å². The predicted molar refractivity (Wildman–Crippen MR) is 151 cm³/mol.